The quantitative estimate of drug-likeness (QED) is 0.897. The van der Waals surface area contributed by atoms with Gasteiger partial charge >= 0.3 is 0 Å². The molecule has 1 aliphatic rings. The van der Waals surface area contributed by atoms with Gasteiger partial charge in [-0.1, -0.05) is 37.3 Å². The van der Waals surface area contributed by atoms with Gasteiger partial charge in [0.05, 0.1) is 12.4 Å². The molecule has 0 bridgehead atoms. The molecule has 1 aliphatic carbocycles. The molecule has 1 fully saturated rings. The predicted octanol–water partition coefficient (Wildman–Crippen LogP) is 3.04. The van der Waals surface area contributed by atoms with Crippen LogP contribution in [0.2, 0.25) is 5.15 Å². The normalized spacial score (nSPS) is 16.1. The number of rotatable bonds is 4. The average molecular weight is 254 g/mol. The second-order valence-electron chi connectivity index (χ2n) is 4.46. The van der Waals surface area contributed by atoms with Gasteiger partial charge in [0.25, 0.3) is 0 Å². The van der Waals surface area contributed by atoms with E-state index in [1.54, 1.807) is 0 Å². The van der Waals surface area contributed by atoms with Crippen LogP contribution in [0.5, 0.6) is 0 Å². The molecule has 5 heteroatoms. The van der Waals surface area contributed by atoms with Crippen LogP contribution in [0.1, 0.15) is 38.5 Å². The highest BCUT2D eigenvalue weighted by molar-refractivity contribution is 6.29. The van der Waals surface area contributed by atoms with E-state index in [1.165, 1.54) is 38.1 Å². The van der Waals surface area contributed by atoms with Gasteiger partial charge in [-0.15, -0.1) is 0 Å². The van der Waals surface area contributed by atoms with E-state index < -0.39 is 0 Å². The second-order valence-corrected chi connectivity index (χ2v) is 4.85. The van der Waals surface area contributed by atoms with Crippen LogP contribution in [-0.2, 0) is 4.79 Å². The number of anilines is 1. The lowest BCUT2D eigenvalue weighted by Crippen LogP contribution is -2.13. The summed E-state index contributed by atoms with van der Waals surface area (Å²) < 4.78 is 0. The molecule has 1 saturated carbocycles. The lowest BCUT2D eigenvalue weighted by atomic mass is 10.0. The topological polar surface area (TPSA) is 54.9 Å². The molecule has 1 aromatic rings. The minimum absolute atomic E-state index is 0.00789. The Morgan fingerprint density at radius 1 is 1.35 bits per heavy atom. The fourth-order valence-corrected chi connectivity index (χ4v) is 2.31. The molecular formula is C12H16ClN3O. The zero-order chi connectivity index (χ0) is 12.1. The molecule has 0 spiro atoms. The Morgan fingerprint density at radius 2 is 2.12 bits per heavy atom. The standard InChI is InChI=1S/C12H16ClN3O/c13-10-7-15-11(8-14-10)16-12(17)6-5-9-3-1-2-4-9/h7-9H,1-6H2,(H,15,16,17). The molecule has 4 nitrogen and oxygen atoms in total. The second kappa shape index (κ2) is 5.96. The third-order valence-corrected chi connectivity index (χ3v) is 3.34. The van der Waals surface area contributed by atoms with E-state index in [9.17, 15) is 4.79 Å². The van der Waals surface area contributed by atoms with Crippen LogP contribution in [0, 0.1) is 5.92 Å². The highest BCUT2D eigenvalue weighted by Crippen LogP contribution is 2.28. The highest BCUT2D eigenvalue weighted by Gasteiger charge is 2.16. The molecule has 0 aromatic carbocycles. The summed E-state index contributed by atoms with van der Waals surface area (Å²) in [6.07, 6.45) is 9.61. The van der Waals surface area contributed by atoms with E-state index in [-0.39, 0.29) is 5.91 Å². The van der Waals surface area contributed by atoms with Crippen molar-refractivity contribution >= 4 is 23.3 Å². The number of aromatic nitrogens is 2. The van der Waals surface area contributed by atoms with Gasteiger partial charge in [0.2, 0.25) is 5.91 Å². The fourth-order valence-electron chi connectivity index (χ4n) is 2.22. The molecular weight excluding hydrogens is 238 g/mol. The van der Waals surface area contributed by atoms with Crippen molar-refractivity contribution in [2.24, 2.45) is 5.92 Å². The average Bonchev–Trinajstić information content (AvgIpc) is 2.83. The molecule has 0 aliphatic heterocycles. The summed E-state index contributed by atoms with van der Waals surface area (Å²) in [7, 11) is 0. The minimum atomic E-state index is 0.00789. The molecule has 1 aromatic heterocycles. The van der Waals surface area contributed by atoms with Crippen molar-refractivity contribution in [3.63, 3.8) is 0 Å². The molecule has 2 rings (SSSR count). The summed E-state index contributed by atoms with van der Waals surface area (Å²) in [4.78, 5) is 19.5. The summed E-state index contributed by atoms with van der Waals surface area (Å²) in [5, 5.41) is 3.05. The van der Waals surface area contributed by atoms with Gasteiger partial charge in [-0.25, -0.2) is 9.97 Å². The summed E-state index contributed by atoms with van der Waals surface area (Å²) in [6, 6.07) is 0. The highest BCUT2D eigenvalue weighted by atomic mass is 35.5. The molecule has 0 radical (unpaired) electrons. The monoisotopic (exact) mass is 253 g/mol. The third kappa shape index (κ3) is 3.97. The van der Waals surface area contributed by atoms with E-state index in [1.807, 2.05) is 0 Å². The summed E-state index contributed by atoms with van der Waals surface area (Å²) in [5.74, 6) is 1.20. The van der Waals surface area contributed by atoms with E-state index in [0.717, 1.165) is 12.3 Å². The molecule has 17 heavy (non-hydrogen) atoms. The van der Waals surface area contributed by atoms with Gasteiger partial charge in [-0.2, -0.15) is 0 Å². The van der Waals surface area contributed by atoms with Crippen molar-refractivity contribution in [1.82, 2.24) is 9.97 Å². The van der Waals surface area contributed by atoms with E-state index in [4.69, 9.17) is 11.6 Å². The molecule has 1 heterocycles. The number of nitrogens with one attached hydrogen (secondary N) is 1. The van der Waals surface area contributed by atoms with Crippen LogP contribution in [-0.4, -0.2) is 15.9 Å². The van der Waals surface area contributed by atoms with Crippen LogP contribution >= 0.6 is 11.6 Å². The van der Waals surface area contributed by atoms with Crippen molar-refractivity contribution in [3.8, 4) is 0 Å². The van der Waals surface area contributed by atoms with E-state index in [2.05, 4.69) is 15.3 Å². The summed E-state index contributed by atoms with van der Waals surface area (Å²) in [5.41, 5.74) is 0. The van der Waals surface area contributed by atoms with Gasteiger partial charge < -0.3 is 5.32 Å². The van der Waals surface area contributed by atoms with Crippen LogP contribution in [0.25, 0.3) is 0 Å². The maximum absolute atomic E-state index is 11.6. The van der Waals surface area contributed by atoms with Gasteiger partial charge in [0, 0.05) is 6.42 Å². The first kappa shape index (κ1) is 12.3. The Labute approximate surface area is 106 Å². The van der Waals surface area contributed by atoms with E-state index in [0.29, 0.717) is 17.4 Å². The summed E-state index contributed by atoms with van der Waals surface area (Å²) in [6.45, 7) is 0. The van der Waals surface area contributed by atoms with Crippen molar-refractivity contribution in [2.45, 2.75) is 38.5 Å². The molecule has 0 unspecified atom stereocenters. The van der Waals surface area contributed by atoms with Crippen molar-refractivity contribution in [1.29, 1.82) is 0 Å². The van der Waals surface area contributed by atoms with Crippen molar-refractivity contribution in [3.05, 3.63) is 17.5 Å². The molecule has 0 atom stereocenters. The zero-order valence-electron chi connectivity index (χ0n) is 9.66. The van der Waals surface area contributed by atoms with Crippen LogP contribution < -0.4 is 5.32 Å². The number of hydrogen-bond acceptors (Lipinski definition) is 3. The zero-order valence-corrected chi connectivity index (χ0v) is 10.4. The SMILES string of the molecule is O=C(CCC1CCCC1)Nc1cnc(Cl)cn1. The molecule has 0 saturated heterocycles. The first-order valence-electron chi connectivity index (χ1n) is 6.01. The van der Waals surface area contributed by atoms with Crippen molar-refractivity contribution < 1.29 is 4.79 Å². The third-order valence-electron chi connectivity index (χ3n) is 3.14. The molecule has 1 N–H and O–H groups in total. The molecule has 92 valence electrons. The Kier molecular flexibility index (Phi) is 4.31. The number of carbonyl (C=O) groups excluding carboxylic acids is 1. The van der Waals surface area contributed by atoms with Crippen LogP contribution in [0.15, 0.2) is 12.4 Å². The van der Waals surface area contributed by atoms with Gasteiger partial charge in [-0.05, 0) is 12.3 Å². The smallest absolute Gasteiger partial charge is 0.225 e. The Bertz CT molecular complexity index is 374. The molecule has 1 amide bonds. The predicted molar refractivity (Wildman–Crippen MR) is 66.9 cm³/mol. The van der Waals surface area contributed by atoms with Crippen LogP contribution in [0.3, 0.4) is 0 Å². The minimum Gasteiger partial charge on any atom is -0.309 e. The first-order chi connectivity index (χ1) is 8.24. The van der Waals surface area contributed by atoms with Gasteiger partial charge in [0.1, 0.15) is 5.15 Å². The lowest BCUT2D eigenvalue weighted by Gasteiger charge is -2.08. The number of carbonyl (C=O) groups is 1. The number of hydrogen-bond donors (Lipinski definition) is 1. The van der Waals surface area contributed by atoms with Gasteiger partial charge in [0.15, 0.2) is 5.82 Å². The van der Waals surface area contributed by atoms with Crippen molar-refractivity contribution in [2.75, 3.05) is 5.32 Å². The van der Waals surface area contributed by atoms with Gasteiger partial charge in [-0.3, -0.25) is 4.79 Å². The maximum Gasteiger partial charge on any atom is 0.225 e. The van der Waals surface area contributed by atoms with Crippen LogP contribution in [0.4, 0.5) is 5.82 Å². The van der Waals surface area contributed by atoms with E-state index >= 15 is 0 Å². The maximum atomic E-state index is 11.6. The number of amides is 1. The summed E-state index contributed by atoms with van der Waals surface area (Å²) >= 11 is 5.61. The number of nitrogens with zero attached hydrogens (tertiary/aromatic N) is 2. The Balaban J connectivity index is 1.74. The fraction of sp³-hybridized carbons (Fsp3) is 0.583. The first-order valence-corrected chi connectivity index (χ1v) is 6.39. The lowest BCUT2D eigenvalue weighted by molar-refractivity contribution is -0.116. The Hall–Kier alpha value is -1.16. The largest absolute Gasteiger partial charge is 0.309 e. The number of halogens is 1. The Morgan fingerprint density at radius 3 is 2.76 bits per heavy atom.